The summed E-state index contributed by atoms with van der Waals surface area (Å²) in [5.74, 6) is 1.76. The number of ether oxygens (including phenoxy) is 1. The number of hydrogen-bond acceptors (Lipinski definition) is 7. The topological polar surface area (TPSA) is 94.4 Å². The van der Waals surface area contributed by atoms with Gasteiger partial charge in [0.15, 0.2) is 0 Å². The number of piperidine rings is 1. The van der Waals surface area contributed by atoms with Gasteiger partial charge in [0, 0.05) is 0 Å². The molecular weight excluding hydrogens is 591 g/mol. The van der Waals surface area contributed by atoms with Gasteiger partial charge in [0.25, 0.3) is 0 Å². The van der Waals surface area contributed by atoms with Crippen molar-refractivity contribution in [3.63, 3.8) is 0 Å². The number of hydrogen-bond donors (Lipinski definition) is 1. The third-order valence-electron chi connectivity index (χ3n) is 7.61. The number of carbonyl (C=O) groups excluding carboxylic acids is 1. The molecule has 6 rings (SSSR count). The number of nitrogens with zero attached hydrogens (tertiary/aromatic N) is 5. The molecule has 9 heteroatoms. The van der Waals surface area contributed by atoms with Gasteiger partial charge in [0.1, 0.15) is 0 Å². The van der Waals surface area contributed by atoms with E-state index in [9.17, 15) is 10.1 Å². The summed E-state index contributed by atoms with van der Waals surface area (Å²) in [6, 6.07) is 7.95. The number of rotatable bonds is 5. The number of fused-ring (bicyclic) bond motifs is 2. The van der Waals surface area contributed by atoms with Crippen molar-refractivity contribution in [2.75, 3.05) is 49.1 Å². The maximum absolute atomic E-state index is 13.1. The first-order valence-electron chi connectivity index (χ1n) is 13.0. The van der Waals surface area contributed by atoms with E-state index in [-0.39, 0.29) is 27.1 Å². The fourth-order valence-corrected chi connectivity index (χ4v) is 7.35. The molecule has 4 aliphatic rings. The minimum atomic E-state index is -0.739. The maximum atomic E-state index is 13.1. The van der Waals surface area contributed by atoms with Crippen molar-refractivity contribution in [1.29, 1.82) is 5.26 Å². The first kappa shape index (κ1) is 25.1. The van der Waals surface area contributed by atoms with Crippen LogP contribution in [-0.2, 0) is 16.8 Å². The molecule has 38 heavy (non-hydrogen) atoms. The zero-order chi connectivity index (χ0) is 26.1. The van der Waals surface area contributed by atoms with E-state index in [0.29, 0.717) is 25.3 Å². The normalized spacial score (nSPS) is 22.7. The summed E-state index contributed by atoms with van der Waals surface area (Å²) < 4.78 is 10.3. The van der Waals surface area contributed by atoms with Crippen molar-refractivity contribution in [2.24, 2.45) is 0 Å². The molecule has 2 saturated heterocycles. The molecule has 0 bridgehead atoms. The summed E-state index contributed by atoms with van der Waals surface area (Å²) in [4.78, 5) is 27.0. The van der Waals surface area contributed by atoms with E-state index in [1.807, 2.05) is 37.5 Å². The predicted molar refractivity (Wildman–Crippen MR) is 141 cm³/mol. The average molecular weight is 622 g/mol. The quantitative estimate of drug-likeness (QED) is 0.485. The molecule has 1 N–H and O–H groups in total. The van der Waals surface area contributed by atoms with Gasteiger partial charge in [-0.05, 0) is 0 Å². The summed E-state index contributed by atoms with van der Waals surface area (Å²) in [5, 5.41) is 12.8. The van der Waals surface area contributed by atoms with Crippen molar-refractivity contribution >= 4 is 17.5 Å². The molecule has 0 spiro atoms. The molecule has 0 radical (unpaired) electrons. The molecule has 196 valence electrons. The number of amides is 1. The van der Waals surface area contributed by atoms with E-state index in [0.717, 1.165) is 60.9 Å². The van der Waals surface area contributed by atoms with Crippen molar-refractivity contribution in [2.45, 2.75) is 31.8 Å². The molecule has 2 fully saturated rings. The van der Waals surface area contributed by atoms with Crippen LogP contribution in [0.25, 0.3) is 0 Å². The van der Waals surface area contributed by atoms with Gasteiger partial charge >= 0.3 is 234 Å². The SMILES string of the molecule is C[C@@]1(C#N)COCc2ccc(C(=O)NCC3=C[I-]C=C4CCN(c5cncc(N6CCC6)n5)CC4=C3)cc21. The number of nitriles is 1. The molecule has 1 aromatic carbocycles. The Kier molecular flexibility index (Phi) is 6.93. The van der Waals surface area contributed by atoms with Crippen molar-refractivity contribution in [3.8, 4) is 6.07 Å². The Morgan fingerprint density at radius 2 is 2.03 bits per heavy atom. The molecule has 1 aromatic heterocycles. The second-order valence-corrected chi connectivity index (χ2v) is 12.3. The Bertz CT molecular complexity index is 1410. The van der Waals surface area contributed by atoms with Gasteiger partial charge in [-0.3, -0.25) is 0 Å². The number of nitrogens with one attached hydrogen (secondary N) is 1. The Morgan fingerprint density at radius 1 is 1.18 bits per heavy atom. The molecule has 1 atom stereocenters. The molecule has 4 aliphatic heterocycles. The van der Waals surface area contributed by atoms with Gasteiger partial charge in [-0.15, -0.1) is 0 Å². The second-order valence-electron chi connectivity index (χ2n) is 10.4. The molecule has 0 aliphatic carbocycles. The van der Waals surface area contributed by atoms with Gasteiger partial charge in [0.2, 0.25) is 0 Å². The van der Waals surface area contributed by atoms with E-state index in [4.69, 9.17) is 9.72 Å². The second kappa shape index (κ2) is 10.5. The predicted octanol–water partition coefficient (Wildman–Crippen LogP) is 0.435. The van der Waals surface area contributed by atoms with E-state index < -0.39 is 5.41 Å². The van der Waals surface area contributed by atoms with Crippen LogP contribution in [0, 0.1) is 11.3 Å². The number of aromatic nitrogens is 2. The third-order valence-corrected chi connectivity index (χ3v) is 9.88. The molecule has 2 aromatic rings. The summed E-state index contributed by atoms with van der Waals surface area (Å²) in [6.07, 6.45) is 8.17. The van der Waals surface area contributed by atoms with Gasteiger partial charge in [0.05, 0.1) is 0 Å². The van der Waals surface area contributed by atoms with Crippen LogP contribution < -0.4 is 36.3 Å². The first-order chi connectivity index (χ1) is 18.5. The molecule has 8 nitrogen and oxygen atoms in total. The van der Waals surface area contributed by atoms with Crippen LogP contribution in [-0.4, -0.2) is 55.2 Å². The summed E-state index contributed by atoms with van der Waals surface area (Å²) in [6.45, 7) is 6.98. The van der Waals surface area contributed by atoms with Crippen LogP contribution in [0.2, 0.25) is 0 Å². The molecular formula is C29H30IN6O2-. The monoisotopic (exact) mass is 621 g/mol. The average Bonchev–Trinajstić information content (AvgIpc) is 3.12. The van der Waals surface area contributed by atoms with Crippen molar-refractivity contribution in [3.05, 3.63) is 78.2 Å². The first-order valence-corrected chi connectivity index (χ1v) is 15.4. The molecule has 1 amide bonds. The number of halogens is 1. The van der Waals surface area contributed by atoms with Crippen LogP contribution in [0.3, 0.4) is 0 Å². The van der Waals surface area contributed by atoms with Crippen LogP contribution in [0.1, 0.15) is 41.3 Å². The Morgan fingerprint density at radius 3 is 2.82 bits per heavy atom. The van der Waals surface area contributed by atoms with E-state index in [1.54, 1.807) is 0 Å². The van der Waals surface area contributed by atoms with Crippen LogP contribution in [0.15, 0.2) is 61.6 Å². The fourth-order valence-electron chi connectivity index (χ4n) is 5.17. The molecule has 5 heterocycles. The van der Waals surface area contributed by atoms with Crippen LogP contribution >= 0.6 is 0 Å². The summed E-state index contributed by atoms with van der Waals surface area (Å²) >= 11 is -0.218. The fraction of sp³-hybridized carbons (Fsp3) is 0.379. The van der Waals surface area contributed by atoms with E-state index >= 15 is 0 Å². The van der Waals surface area contributed by atoms with Crippen LogP contribution in [0.5, 0.6) is 0 Å². The number of carbonyl (C=O) groups is 1. The van der Waals surface area contributed by atoms with Gasteiger partial charge in [-0.25, -0.2) is 0 Å². The van der Waals surface area contributed by atoms with Crippen molar-refractivity contribution in [1.82, 2.24) is 15.3 Å². The van der Waals surface area contributed by atoms with Gasteiger partial charge in [-0.1, -0.05) is 0 Å². The molecule has 0 saturated carbocycles. The standard InChI is InChI=1S/C29H30IN6O2/c1-29(18-31)19-38-17-23-4-3-21(10-25(23)29)28(37)33-13-20-9-24-16-36(8-5-22(24)12-30-11-20)27-15-32-14-26(34-27)35-6-2-7-35/h3-4,9-12,14-15H,2,5-8,13,16-17,19H2,1H3,(H,33,37)/q-1/t29-/m1/s1. The number of benzene rings is 1. The summed E-state index contributed by atoms with van der Waals surface area (Å²) in [5.41, 5.74) is 5.55. The van der Waals surface area contributed by atoms with E-state index in [1.165, 1.54) is 17.6 Å². The van der Waals surface area contributed by atoms with Gasteiger partial charge < -0.3 is 0 Å². The Balaban J connectivity index is 1.14. The van der Waals surface area contributed by atoms with Crippen LogP contribution in [0.4, 0.5) is 11.6 Å². The van der Waals surface area contributed by atoms with Crippen molar-refractivity contribution < 1.29 is 30.7 Å². The summed E-state index contributed by atoms with van der Waals surface area (Å²) in [7, 11) is 0. The molecule has 0 unspecified atom stereocenters. The zero-order valence-electron chi connectivity index (χ0n) is 21.4. The Hall–Kier alpha value is -3.23. The zero-order valence-corrected chi connectivity index (χ0v) is 23.6. The Labute approximate surface area is 233 Å². The third kappa shape index (κ3) is 4.95. The van der Waals surface area contributed by atoms with Gasteiger partial charge in [-0.2, -0.15) is 0 Å². The van der Waals surface area contributed by atoms with E-state index in [2.05, 4.69) is 40.4 Å². The number of anilines is 2. The minimum absolute atomic E-state index is 0.127.